The largest absolute Gasteiger partial charge is 0.295 e. The van der Waals surface area contributed by atoms with Crippen LogP contribution in [-0.2, 0) is 5.41 Å². The van der Waals surface area contributed by atoms with Crippen molar-refractivity contribution in [1.29, 1.82) is 0 Å². The Hall–Kier alpha value is -0.820. The highest BCUT2D eigenvalue weighted by Crippen LogP contribution is 2.22. The molecule has 0 aliphatic heterocycles. The second-order valence-electron chi connectivity index (χ2n) is 4.38. The first-order chi connectivity index (χ1) is 5.91. The van der Waals surface area contributed by atoms with Gasteiger partial charge < -0.3 is 0 Å². The molecule has 1 aromatic rings. The van der Waals surface area contributed by atoms with E-state index in [1.54, 1.807) is 6.92 Å². The van der Waals surface area contributed by atoms with Crippen molar-refractivity contribution in [2.45, 2.75) is 33.1 Å². The molecule has 0 aliphatic rings. The van der Waals surface area contributed by atoms with E-state index in [0.717, 1.165) is 5.56 Å². The summed E-state index contributed by atoms with van der Waals surface area (Å²) in [4.78, 5) is 11.0. The molecule has 2 heteroatoms. The van der Waals surface area contributed by atoms with Crippen LogP contribution in [0.25, 0.3) is 0 Å². The van der Waals surface area contributed by atoms with Gasteiger partial charge in [-0.05, 0) is 17.9 Å². The lowest BCUT2D eigenvalue weighted by Gasteiger charge is -2.18. The van der Waals surface area contributed by atoms with Crippen LogP contribution in [-0.4, -0.2) is 5.78 Å². The molecule has 0 spiro atoms. The standard InChI is InChI=1S/C12H16O.ClH/c1-9(13)10-5-7-11(8-6-10)12(2,3)4;/h5-8H,1-4H3;1H. The Kier molecular flexibility index (Phi) is 4.34. The first kappa shape index (κ1) is 13.2. The molecule has 0 heterocycles. The molecule has 0 unspecified atom stereocenters. The van der Waals surface area contributed by atoms with E-state index in [1.807, 2.05) is 24.3 Å². The molecule has 0 radical (unpaired) electrons. The molecule has 78 valence electrons. The van der Waals surface area contributed by atoms with E-state index >= 15 is 0 Å². The molecule has 0 aromatic heterocycles. The number of benzene rings is 1. The fourth-order valence-electron chi connectivity index (χ4n) is 1.20. The number of hydrogen-bond acceptors (Lipinski definition) is 1. The van der Waals surface area contributed by atoms with Gasteiger partial charge in [-0.3, -0.25) is 4.79 Å². The summed E-state index contributed by atoms with van der Waals surface area (Å²) in [6, 6.07) is 7.83. The molecule has 0 saturated heterocycles. The van der Waals surface area contributed by atoms with Gasteiger partial charge in [-0.25, -0.2) is 0 Å². The van der Waals surface area contributed by atoms with Crippen molar-refractivity contribution in [3.63, 3.8) is 0 Å². The van der Waals surface area contributed by atoms with E-state index in [1.165, 1.54) is 5.56 Å². The number of rotatable bonds is 1. The molecule has 0 saturated carbocycles. The van der Waals surface area contributed by atoms with Gasteiger partial charge in [0.2, 0.25) is 0 Å². The van der Waals surface area contributed by atoms with Crippen molar-refractivity contribution in [2.75, 3.05) is 0 Å². The summed E-state index contributed by atoms with van der Waals surface area (Å²) >= 11 is 0. The summed E-state index contributed by atoms with van der Waals surface area (Å²) in [7, 11) is 0. The molecule has 0 amide bonds. The molecule has 0 bridgehead atoms. The average molecular weight is 213 g/mol. The van der Waals surface area contributed by atoms with Crippen molar-refractivity contribution in [3.05, 3.63) is 35.4 Å². The Morgan fingerprint density at radius 1 is 1.07 bits per heavy atom. The first-order valence-corrected chi connectivity index (χ1v) is 4.53. The third kappa shape index (κ3) is 3.15. The van der Waals surface area contributed by atoms with Gasteiger partial charge in [-0.1, -0.05) is 45.0 Å². The Labute approximate surface area is 91.9 Å². The molecular formula is C12H17ClO. The maximum Gasteiger partial charge on any atom is 0.159 e. The van der Waals surface area contributed by atoms with Crippen LogP contribution >= 0.6 is 12.4 Å². The fourth-order valence-corrected chi connectivity index (χ4v) is 1.20. The van der Waals surface area contributed by atoms with Crippen LogP contribution in [0.4, 0.5) is 0 Å². The van der Waals surface area contributed by atoms with Crippen molar-refractivity contribution >= 4 is 18.2 Å². The smallest absolute Gasteiger partial charge is 0.159 e. The summed E-state index contributed by atoms with van der Waals surface area (Å²) in [6.45, 7) is 8.08. The molecule has 1 aromatic carbocycles. The lowest BCUT2D eigenvalue weighted by Crippen LogP contribution is -2.10. The maximum atomic E-state index is 11.0. The molecule has 0 atom stereocenters. The maximum absolute atomic E-state index is 11.0. The van der Waals surface area contributed by atoms with Gasteiger partial charge in [0.25, 0.3) is 0 Å². The van der Waals surface area contributed by atoms with Gasteiger partial charge in [-0.15, -0.1) is 12.4 Å². The molecule has 1 nitrogen and oxygen atoms in total. The van der Waals surface area contributed by atoms with Crippen LogP contribution in [0.3, 0.4) is 0 Å². The monoisotopic (exact) mass is 212 g/mol. The normalized spacial score (nSPS) is 10.6. The van der Waals surface area contributed by atoms with E-state index in [9.17, 15) is 4.79 Å². The number of ketones is 1. The number of halogens is 1. The molecule has 0 fully saturated rings. The Morgan fingerprint density at radius 3 is 1.79 bits per heavy atom. The quantitative estimate of drug-likeness (QED) is 0.650. The van der Waals surface area contributed by atoms with Crippen LogP contribution in [0, 0.1) is 0 Å². The van der Waals surface area contributed by atoms with Crippen molar-refractivity contribution < 1.29 is 4.79 Å². The first-order valence-electron chi connectivity index (χ1n) is 4.53. The lowest BCUT2D eigenvalue weighted by atomic mass is 9.86. The summed E-state index contributed by atoms with van der Waals surface area (Å²) in [5, 5.41) is 0. The summed E-state index contributed by atoms with van der Waals surface area (Å²) in [5.41, 5.74) is 2.21. The van der Waals surface area contributed by atoms with Gasteiger partial charge in [0.1, 0.15) is 0 Å². The zero-order valence-corrected chi connectivity index (χ0v) is 9.94. The zero-order chi connectivity index (χ0) is 10.1. The van der Waals surface area contributed by atoms with Crippen LogP contribution < -0.4 is 0 Å². The average Bonchev–Trinajstić information content (AvgIpc) is 2.03. The van der Waals surface area contributed by atoms with E-state index in [-0.39, 0.29) is 23.6 Å². The Morgan fingerprint density at radius 2 is 1.50 bits per heavy atom. The summed E-state index contributed by atoms with van der Waals surface area (Å²) < 4.78 is 0. The van der Waals surface area contributed by atoms with Gasteiger partial charge in [-0.2, -0.15) is 0 Å². The van der Waals surface area contributed by atoms with E-state index < -0.39 is 0 Å². The highest BCUT2D eigenvalue weighted by molar-refractivity contribution is 5.94. The summed E-state index contributed by atoms with van der Waals surface area (Å²) in [6.07, 6.45) is 0. The third-order valence-corrected chi connectivity index (χ3v) is 2.16. The predicted octanol–water partition coefficient (Wildman–Crippen LogP) is 3.61. The summed E-state index contributed by atoms with van der Waals surface area (Å²) in [5.74, 6) is 0.125. The number of carbonyl (C=O) groups is 1. The fraction of sp³-hybridized carbons (Fsp3) is 0.417. The highest BCUT2D eigenvalue weighted by Gasteiger charge is 2.13. The van der Waals surface area contributed by atoms with Crippen LogP contribution in [0.15, 0.2) is 24.3 Å². The number of hydrogen-bond donors (Lipinski definition) is 0. The minimum atomic E-state index is 0. The SMILES string of the molecule is CC(=O)c1ccc(C(C)(C)C)cc1.Cl. The van der Waals surface area contributed by atoms with Gasteiger partial charge in [0, 0.05) is 5.56 Å². The van der Waals surface area contributed by atoms with Crippen molar-refractivity contribution in [1.82, 2.24) is 0 Å². The van der Waals surface area contributed by atoms with E-state index in [0.29, 0.717) is 0 Å². The molecule has 0 N–H and O–H groups in total. The third-order valence-electron chi connectivity index (χ3n) is 2.16. The number of Topliss-reactive ketones (excluding diaryl/α,β-unsaturated/α-hetero) is 1. The molecule has 1 rings (SSSR count). The second kappa shape index (κ2) is 4.61. The van der Waals surface area contributed by atoms with Crippen LogP contribution in [0.5, 0.6) is 0 Å². The van der Waals surface area contributed by atoms with E-state index in [4.69, 9.17) is 0 Å². The van der Waals surface area contributed by atoms with Crippen LogP contribution in [0.1, 0.15) is 43.6 Å². The van der Waals surface area contributed by atoms with Crippen molar-refractivity contribution in [3.8, 4) is 0 Å². The van der Waals surface area contributed by atoms with Gasteiger partial charge in [0.05, 0.1) is 0 Å². The Bertz CT molecular complexity index is 306. The van der Waals surface area contributed by atoms with Crippen molar-refractivity contribution in [2.24, 2.45) is 0 Å². The molecule has 14 heavy (non-hydrogen) atoms. The highest BCUT2D eigenvalue weighted by atomic mass is 35.5. The predicted molar refractivity (Wildman–Crippen MR) is 62.4 cm³/mol. The molecule has 0 aliphatic carbocycles. The minimum absolute atomic E-state index is 0. The van der Waals surface area contributed by atoms with Gasteiger partial charge in [0.15, 0.2) is 5.78 Å². The zero-order valence-electron chi connectivity index (χ0n) is 9.13. The lowest BCUT2D eigenvalue weighted by molar-refractivity contribution is 0.101. The Balaban J connectivity index is 0.00000169. The number of carbonyl (C=O) groups excluding carboxylic acids is 1. The van der Waals surface area contributed by atoms with Gasteiger partial charge >= 0.3 is 0 Å². The molecular weight excluding hydrogens is 196 g/mol. The minimum Gasteiger partial charge on any atom is -0.295 e. The second-order valence-corrected chi connectivity index (χ2v) is 4.38. The topological polar surface area (TPSA) is 17.1 Å². The van der Waals surface area contributed by atoms with E-state index in [2.05, 4.69) is 20.8 Å². The van der Waals surface area contributed by atoms with Crippen LogP contribution in [0.2, 0.25) is 0 Å².